The summed E-state index contributed by atoms with van der Waals surface area (Å²) in [5.41, 5.74) is -0.298. The Morgan fingerprint density at radius 3 is 2.15 bits per heavy atom. The van der Waals surface area contributed by atoms with Crippen molar-refractivity contribution in [1.29, 1.82) is 0 Å². The van der Waals surface area contributed by atoms with Gasteiger partial charge in [-0.1, -0.05) is 38.3 Å². The highest BCUT2D eigenvalue weighted by Gasteiger charge is 2.34. The van der Waals surface area contributed by atoms with Crippen molar-refractivity contribution >= 4 is 5.78 Å². The lowest BCUT2D eigenvalue weighted by atomic mass is 9.71. The summed E-state index contributed by atoms with van der Waals surface area (Å²) in [6, 6.07) is 4.91. The van der Waals surface area contributed by atoms with Crippen molar-refractivity contribution < 1.29 is 18.0 Å². The van der Waals surface area contributed by atoms with Crippen LogP contribution in [0.3, 0.4) is 0 Å². The SMILES string of the molecule is CC1(C(=O)Cc2ccc(C(F)(F)F)cc2)CCCCC1. The molecule has 1 nitrogen and oxygen atoms in total. The first-order valence-corrected chi connectivity index (χ1v) is 7.01. The highest BCUT2D eigenvalue weighted by molar-refractivity contribution is 5.86. The second kappa shape index (κ2) is 5.58. The summed E-state index contributed by atoms with van der Waals surface area (Å²) in [7, 11) is 0. The topological polar surface area (TPSA) is 17.1 Å². The van der Waals surface area contributed by atoms with Crippen molar-refractivity contribution in [1.82, 2.24) is 0 Å². The lowest BCUT2D eigenvalue weighted by Gasteiger charge is -2.32. The zero-order valence-corrected chi connectivity index (χ0v) is 11.6. The number of hydrogen-bond acceptors (Lipinski definition) is 1. The maximum absolute atomic E-state index is 12.5. The van der Waals surface area contributed by atoms with Crippen LogP contribution in [0.4, 0.5) is 13.2 Å². The summed E-state index contributed by atoms with van der Waals surface area (Å²) in [6.45, 7) is 1.98. The molecular formula is C16H19F3O. The maximum Gasteiger partial charge on any atom is 0.416 e. The number of rotatable bonds is 3. The maximum atomic E-state index is 12.5. The molecular weight excluding hydrogens is 265 g/mol. The molecule has 0 heterocycles. The zero-order chi connectivity index (χ0) is 14.8. The molecule has 110 valence electrons. The molecule has 20 heavy (non-hydrogen) atoms. The van der Waals surface area contributed by atoms with Crippen molar-refractivity contribution in [3.05, 3.63) is 35.4 Å². The molecule has 1 aromatic carbocycles. The third kappa shape index (κ3) is 3.41. The Bertz CT molecular complexity index is 467. The molecule has 2 rings (SSSR count). The Kier molecular flexibility index (Phi) is 4.21. The number of carbonyl (C=O) groups excluding carboxylic acids is 1. The molecule has 0 amide bonds. The standard InChI is InChI=1S/C16H19F3O/c1-15(9-3-2-4-10-15)14(20)11-12-5-7-13(8-6-12)16(17,18)19/h5-8H,2-4,9-11H2,1H3. The van der Waals surface area contributed by atoms with Gasteiger partial charge in [0.2, 0.25) is 0 Å². The molecule has 1 aromatic rings. The van der Waals surface area contributed by atoms with Gasteiger partial charge >= 0.3 is 6.18 Å². The summed E-state index contributed by atoms with van der Waals surface area (Å²) in [4.78, 5) is 12.3. The minimum atomic E-state index is -4.32. The van der Waals surface area contributed by atoms with Gasteiger partial charge in [0.1, 0.15) is 5.78 Å². The van der Waals surface area contributed by atoms with E-state index in [-0.39, 0.29) is 17.6 Å². The molecule has 0 unspecified atom stereocenters. The highest BCUT2D eigenvalue weighted by atomic mass is 19.4. The van der Waals surface area contributed by atoms with Crippen LogP contribution in [0.25, 0.3) is 0 Å². The van der Waals surface area contributed by atoms with Gasteiger partial charge in [-0.05, 0) is 30.5 Å². The summed E-state index contributed by atoms with van der Waals surface area (Å²) in [6.07, 6.45) is 0.999. The fourth-order valence-corrected chi connectivity index (χ4v) is 2.82. The average Bonchev–Trinajstić information content (AvgIpc) is 2.39. The van der Waals surface area contributed by atoms with Crippen LogP contribution in [-0.4, -0.2) is 5.78 Å². The summed E-state index contributed by atoms with van der Waals surface area (Å²) < 4.78 is 37.4. The molecule has 0 saturated heterocycles. The largest absolute Gasteiger partial charge is 0.416 e. The molecule has 0 bridgehead atoms. The molecule has 0 spiro atoms. The molecule has 0 aromatic heterocycles. The van der Waals surface area contributed by atoms with E-state index in [9.17, 15) is 18.0 Å². The third-order valence-corrected chi connectivity index (χ3v) is 4.28. The van der Waals surface area contributed by atoms with Crippen molar-refractivity contribution in [3.8, 4) is 0 Å². The fraction of sp³-hybridized carbons (Fsp3) is 0.562. The monoisotopic (exact) mass is 284 g/mol. The number of benzene rings is 1. The Morgan fingerprint density at radius 2 is 1.65 bits per heavy atom. The first-order valence-electron chi connectivity index (χ1n) is 7.01. The van der Waals surface area contributed by atoms with Crippen molar-refractivity contribution in [2.24, 2.45) is 5.41 Å². The van der Waals surface area contributed by atoms with Gasteiger partial charge in [-0.25, -0.2) is 0 Å². The summed E-state index contributed by atoms with van der Waals surface area (Å²) in [5.74, 6) is 0.150. The summed E-state index contributed by atoms with van der Waals surface area (Å²) >= 11 is 0. The minimum absolute atomic E-state index is 0.150. The number of alkyl halides is 3. The van der Waals surface area contributed by atoms with E-state index in [1.165, 1.54) is 18.6 Å². The van der Waals surface area contributed by atoms with Crippen LogP contribution >= 0.6 is 0 Å². The van der Waals surface area contributed by atoms with Crippen LogP contribution in [0.5, 0.6) is 0 Å². The first-order chi connectivity index (χ1) is 9.31. The predicted octanol–water partition coefficient (Wildman–Crippen LogP) is 4.79. The van der Waals surface area contributed by atoms with E-state index < -0.39 is 11.7 Å². The lowest BCUT2D eigenvalue weighted by Crippen LogP contribution is -2.31. The fourth-order valence-electron chi connectivity index (χ4n) is 2.82. The molecule has 1 aliphatic carbocycles. The van der Waals surface area contributed by atoms with E-state index in [1.807, 2.05) is 6.92 Å². The first kappa shape index (κ1) is 15.1. The van der Waals surface area contributed by atoms with E-state index in [1.54, 1.807) is 0 Å². The van der Waals surface area contributed by atoms with Gasteiger partial charge in [-0.2, -0.15) is 13.2 Å². The van der Waals surface area contributed by atoms with E-state index in [2.05, 4.69) is 0 Å². The van der Waals surface area contributed by atoms with Gasteiger partial charge in [0, 0.05) is 11.8 Å². The van der Waals surface area contributed by atoms with Crippen LogP contribution in [0.15, 0.2) is 24.3 Å². The quantitative estimate of drug-likeness (QED) is 0.780. The number of Topliss-reactive ketones (excluding diaryl/α,β-unsaturated/α-hetero) is 1. The molecule has 0 atom stereocenters. The van der Waals surface area contributed by atoms with E-state index in [0.29, 0.717) is 5.56 Å². The molecule has 0 aliphatic heterocycles. The van der Waals surface area contributed by atoms with Gasteiger partial charge in [-0.15, -0.1) is 0 Å². The van der Waals surface area contributed by atoms with Crippen LogP contribution in [0.1, 0.15) is 50.2 Å². The van der Waals surface area contributed by atoms with Crippen molar-refractivity contribution in [3.63, 3.8) is 0 Å². The Labute approximate surface area is 117 Å². The van der Waals surface area contributed by atoms with Crippen LogP contribution in [0, 0.1) is 5.41 Å². The van der Waals surface area contributed by atoms with Gasteiger partial charge < -0.3 is 0 Å². The van der Waals surface area contributed by atoms with Crippen molar-refractivity contribution in [2.75, 3.05) is 0 Å². The number of hydrogen-bond donors (Lipinski definition) is 0. The van der Waals surface area contributed by atoms with E-state index in [4.69, 9.17) is 0 Å². The smallest absolute Gasteiger partial charge is 0.299 e. The molecule has 0 radical (unpaired) electrons. The van der Waals surface area contributed by atoms with Gasteiger partial charge in [0.15, 0.2) is 0 Å². The molecule has 4 heteroatoms. The normalized spacial score (nSPS) is 18.8. The number of halogens is 3. The second-order valence-electron chi connectivity index (χ2n) is 5.92. The Balaban J connectivity index is 2.04. The van der Waals surface area contributed by atoms with Gasteiger partial charge in [0.25, 0.3) is 0 Å². The van der Waals surface area contributed by atoms with E-state index in [0.717, 1.165) is 37.8 Å². The van der Waals surface area contributed by atoms with Gasteiger partial charge in [-0.3, -0.25) is 4.79 Å². The van der Waals surface area contributed by atoms with Crippen LogP contribution in [0.2, 0.25) is 0 Å². The third-order valence-electron chi connectivity index (χ3n) is 4.28. The van der Waals surface area contributed by atoms with E-state index >= 15 is 0 Å². The minimum Gasteiger partial charge on any atom is -0.299 e. The number of carbonyl (C=O) groups is 1. The lowest BCUT2D eigenvalue weighted by molar-refractivity contribution is -0.137. The number of ketones is 1. The van der Waals surface area contributed by atoms with Crippen molar-refractivity contribution in [2.45, 2.75) is 51.6 Å². The summed E-state index contributed by atoms with van der Waals surface area (Å²) in [5, 5.41) is 0. The van der Waals surface area contributed by atoms with Crippen LogP contribution in [-0.2, 0) is 17.4 Å². The van der Waals surface area contributed by atoms with Gasteiger partial charge in [0.05, 0.1) is 5.56 Å². The molecule has 1 saturated carbocycles. The second-order valence-corrected chi connectivity index (χ2v) is 5.92. The predicted molar refractivity (Wildman–Crippen MR) is 71.3 cm³/mol. The zero-order valence-electron chi connectivity index (χ0n) is 11.6. The highest BCUT2D eigenvalue weighted by Crippen LogP contribution is 2.37. The average molecular weight is 284 g/mol. The van der Waals surface area contributed by atoms with Crippen LogP contribution < -0.4 is 0 Å². The molecule has 1 aliphatic rings. The Morgan fingerprint density at radius 1 is 1.10 bits per heavy atom. The molecule has 1 fully saturated rings. The Hall–Kier alpha value is -1.32. The molecule has 0 N–H and O–H groups in total.